The number of nitrogens with zero attached hydrogens (tertiary/aromatic N) is 1. The number of hydrogen-bond acceptors (Lipinski definition) is 16. The van der Waals surface area contributed by atoms with E-state index in [-0.39, 0.29) is 6.61 Å². The monoisotopic (exact) mass is 604 g/mol. The van der Waals surface area contributed by atoms with E-state index in [9.17, 15) is 38.3 Å². The number of aromatic amines is 1. The predicted octanol–water partition coefficient (Wildman–Crippen LogP) is 0.625. The zero-order valence-corrected chi connectivity index (χ0v) is 22.7. The average Bonchev–Trinajstić information content (AvgIpc) is 3.07. The molecule has 1 aliphatic rings. The van der Waals surface area contributed by atoms with Crippen LogP contribution in [0.1, 0.15) is 33.9 Å². The highest BCUT2D eigenvalue weighted by Gasteiger charge is 2.63. The number of aliphatic hydroxyl groups is 2. The maximum absolute atomic E-state index is 14.4. The fourth-order valence-electron chi connectivity index (χ4n) is 3.22. The number of aromatic nitrogens is 2. The van der Waals surface area contributed by atoms with E-state index in [1.807, 2.05) is 4.98 Å². The van der Waals surface area contributed by atoms with Crippen molar-refractivity contribution in [3.63, 3.8) is 0 Å². The lowest BCUT2D eigenvalue weighted by Crippen LogP contribution is -2.53. The summed E-state index contributed by atoms with van der Waals surface area (Å²) in [5, 5.41) is 21.6. The molecule has 1 aliphatic heterocycles. The molecular weight excluding hydrogens is 574 g/mol. The minimum Gasteiger partial charge on any atom is -0.432 e. The highest BCUT2D eigenvalue weighted by atomic mass is 31.2. The number of phosphoric ester groups is 1. The van der Waals surface area contributed by atoms with Gasteiger partial charge in [0.05, 0.1) is 19.3 Å². The summed E-state index contributed by atoms with van der Waals surface area (Å²) in [4.78, 5) is 57.0. The highest BCUT2D eigenvalue weighted by Crippen LogP contribution is 2.52. The van der Waals surface area contributed by atoms with Crippen LogP contribution in [0, 0.1) is 0 Å². The molecule has 0 radical (unpaired) electrons. The number of aliphatic hydroxyl groups excluding tert-OH is 1. The molecule has 1 fully saturated rings. The zero-order valence-electron chi connectivity index (χ0n) is 21.8. The second-order valence-electron chi connectivity index (χ2n) is 8.47. The molecule has 2 heterocycles. The molecule has 18 nitrogen and oxygen atoms in total. The van der Waals surface area contributed by atoms with Crippen molar-refractivity contribution >= 4 is 20.1 Å². The summed E-state index contributed by atoms with van der Waals surface area (Å²) < 4.78 is 62.1. The maximum atomic E-state index is 14.4. The van der Waals surface area contributed by atoms with E-state index < -0.39 is 87.9 Å². The van der Waals surface area contributed by atoms with Gasteiger partial charge in [-0.3, -0.25) is 23.8 Å². The molecule has 40 heavy (non-hydrogen) atoms. The van der Waals surface area contributed by atoms with Gasteiger partial charge in [-0.2, -0.15) is 4.89 Å². The van der Waals surface area contributed by atoms with Gasteiger partial charge in [0.15, 0.2) is 11.8 Å². The Labute approximate surface area is 225 Å². The number of halogens is 1. The molecule has 20 heteroatoms. The van der Waals surface area contributed by atoms with Crippen molar-refractivity contribution in [1.29, 1.82) is 0 Å². The van der Waals surface area contributed by atoms with Gasteiger partial charge in [0.1, 0.15) is 18.4 Å². The van der Waals surface area contributed by atoms with Crippen LogP contribution in [0.2, 0.25) is 0 Å². The number of H-pyrrole nitrogens is 1. The molecule has 5 atom stereocenters. The number of hydrogen-bond donors (Lipinski definition) is 3. The largest absolute Gasteiger partial charge is 0.542 e. The van der Waals surface area contributed by atoms with Gasteiger partial charge >= 0.3 is 25.8 Å². The summed E-state index contributed by atoms with van der Waals surface area (Å²) in [7, 11) is -4.94. The molecule has 228 valence electrons. The van der Waals surface area contributed by atoms with Crippen molar-refractivity contribution in [2.45, 2.75) is 57.3 Å². The minimum atomic E-state index is -4.94. The molecule has 1 unspecified atom stereocenters. The van der Waals surface area contributed by atoms with Gasteiger partial charge in [-0.25, -0.2) is 32.4 Å². The summed E-state index contributed by atoms with van der Waals surface area (Å²) in [6, 6.07) is 0.913. The van der Waals surface area contributed by atoms with Gasteiger partial charge in [-0.15, -0.1) is 0 Å². The van der Waals surface area contributed by atoms with Crippen LogP contribution < -0.4 is 11.2 Å². The molecule has 0 aliphatic carbocycles. The number of carbonyl (C=O) groups is 2. The third-order valence-corrected chi connectivity index (χ3v) is 6.34. The Morgan fingerprint density at radius 2 is 1.82 bits per heavy atom. The van der Waals surface area contributed by atoms with Crippen LogP contribution in [0.3, 0.4) is 0 Å². The number of phosphoric acid groups is 1. The third-order valence-electron chi connectivity index (χ3n) is 5.05. The summed E-state index contributed by atoms with van der Waals surface area (Å²) in [6.45, 7) is 0.558. The number of carbonyl (C=O) groups excluding carboxylic acids is 2. The van der Waals surface area contributed by atoms with Crippen LogP contribution >= 0.6 is 7.82 Å². The molecule has 0 saturated carbocycles. The van der Waals surface area contributed by atoms with Crippen molar-refractivity contribution in [1.82, 2.24) is 9.55 Å². The van der Waals surface area contributed by atoms with E-state index >= 15 is 0 Å². The zero-order chi connectivity index (χ0) is 30.1. The molecule has 0 spiro atoms. The normalized spacial score (nSPS) is 25.8. The van der Waals surface area contributed by atoms with Gasteiger partial charge in [0.2, 0.25) is 13.6 Å². The fourth-order valence-corrected chi connectivity index (χ4v) is 4.18. The van der Waals surface area contributed by atoms with Crippen molar-refractivity contribution in [3.05, 3.63) is 33.1 Å². The first-order chi connectivity index (χ1) is 18.7. The van der Waals surface area contributed by atoms with Gasteiger partial charge in [0, 0.05) is 12.3 Å². The van der Waals surface area contributed by atoms with E-state index in [0.29, 0.717) is 4.57 Å². The van der Waals surface area contributed by atoms with Gasteiger partial charge in [0.25, 0.3) is 5.56 Å². The second-order valence-corrected chi connectivity index (χ2v) is 10.1. The molecule has 1 saturated heterocycles. The molecule has 1 aromatic rings. The Balaban J connectivity index is 2.21. The molecule has 2 rings (SSSR count). The standard InChI is InChI=1S/C20H30FN2O16P/c1-5-33-39-18(28)32-11-36-40(30,35-10-31-17(27)37-12(2)3)34-9-20(8-21)14(25)19(4,29)15(38-20)23-7-6-13(24)22-16(23)26/h6-7,12,14-15,25,29H,5,8-11H2,1-4H3,(H,22,24,26)/t14-,15+,19+,20+,40?/m0/s1. The van der Waals surface area contributed by atoms with Gasteiger partial charge in [-0.1, -0.05) is 0 Å². The molecular formula is C20H30FN2O16P. The van der Waals surface area contributed by atoms with Crippen LogP contribution in [0.4, 0.5) is 14.0 Å². The van der Waals surface area contributed by atoms with Crippen molar-refractivity contribution < 1.29 is 71.1 Å². The molecule has 0 amide bonds. The maximum Gasteiger partial charge on any atom is 0.542 e. The number of rotatable bonds is 14. The topological polar surface area (TPSA) is 230 Å². The fraction of sp³-hybridized carbons (Fsp3) is 0.700. The average molecular weight is 604 g/mol. The lowest BCUT2D eigenvalue weighted by Gasteiger charge is -2.31. The first-order valence-electron chi connectivity index (χ1n) is 11.5. The van der Waals surface area contributed by atoms with Crippen LogP contribution in [0.5, 0.6) is 0 Å². The Morgan fingerprint density at radius 1 is 1.20 bits per heavy atom. The van der Waals surface area contributed by atoms with Crippen molar-refractivity contribution in [2.75, 3.05) is 33.5 Å². The third kappa shape index (κ3) is 8.55. The van der Waals surface area contributed by atoms with E-state index in [1.165, 1.54) is 20.8 Å². The Morgan fingerprint density at radius 3 is 2.38 bits per heavy atom. The number of ether oxygens (including phenoxy) is 4. The summed E-state index contributed by atoms with van der Waals surface area (Å²) >= 11 is 0. The van der Waals surface area contributed by atoms with E-state index in [2.05, 4.69) is 19.2 Å². The summed E-state index contributed by atoms with van der Waals surface area (Å²) in [5.41, 5.74) is -6.68. The van der Waals surface area contributed by atoms with Crippen LogP contribution in [0.25, 0.3) is 0 Å². The molecule has 3 N–H and O–H groups in total. The first kappa shape index (κ1) is 33.3. The van der Waals surface area contributed by atoms with E-state index in [0.717, 1.165) is 19.2 Å². The Hall–Kier alpha value is -2.90. The predicted molar refractivity (Wildman–Crippen MR) is 124 cm³/mol. The lowest BCUT2D eigenvalue weighted by molar-refractivity contribution is -0.254. The van der Waals surface area contributed by atoms with Crippen molar-refractivity contribution in [2.24, 2.45) is 0 Å². The highest BCUT2D eigenvalue weighted by molar-refractivity contribution is 7.48. The van der Waals surface area contributed by atoms with Gasteiger partial charge in [-0.05, 0) is 27.7 Å². The quantitative estimate of drug-likeness (QED) is 0.0869. The molecule has 0 aromatic carbocycles. The Kier molecular flexibility index (Phi) is 11.8. The smallest absolute Gasteiger partial charge is 0.432 e. The first-order valence-corrected chi connectivity index (χ1v) is 12.9. The van der Waals surface area contributed by atoms with Crippen LogP contribution in [-0.4, -0.2) is 89.0 Å². The second kappa shape index (κ2) is 14.1. The summed E-state index contributed by atoms with van der Waals surface area (Å²) in [6.07, 6.45) is -6.16. The lowest BCUT2D eigenvalue weighted by atomic mass is 9.88. The molecule has 0 bridgehead atoms. The molecule has 1 aromatic heterocycles. The minimum absolute atomic E-state index is 0.0198. The van der Waals surface area contributed by atoms with Crippen molar-refractivity contribution in [3.8, 4) is 0 Å². The summed E-state index contributed by atoms with van der Waals surface area (Å²) in [5.74, 6) is 0. The van der Waals surface area contributed by atoms with E-state index in [4.69, 9.17) is 23.0 Å². The van der Waals surface area contributed by atoms with E-state index in [1.54, 1.807) is 0 Å². The van der Waals surface area contributed by atoms with Crippen LogP contribution in [0.15, 0.2) is 21.9 Å². The SMILES string of the molecule is CCOOC(=O)OCOP(=O)(OCOC(=O)OC(C)C)OC[C@@]1(CF)O[C@@H](n2ccc(=O)[nH]c2=O)[C@](C)(O)[C@@H]1O. The Bertz CT molecular complexity index is 1170. The van der Waals surface area contributed by atoms with Crippen LogP contribution in [-0.2, 0) is 46.9 Å². The van der Waals surface area contributed by atoms with Gasteiger partial charge < -0.3 is 29.2 Å². The number of nitrogens with one attached hydrogen (secondary N) is 1. The number of alkyl halides is 1.